The molecule has 0 saturated heterocycles. The Balaban J connectivity index is 1.68. The highest BCUT2D eigenvalue weighted by atomic mass is 16.2. The lowest BCUT2D eigenvalue weighted by Crippen LogP contribution is -2.33. The van der Waals surface area contributed by atoms with Crippen LogP contribution in [0.3, 0.4) is 0 Å². The van der Waals surface area contributed by atoms with Gasteiger partial charge in [0.25, 0.3) is 11.8 Å². The number of anilines is 1. The van der Waals surface area contributed by atoms with Crippen LogP contribution in [0.15, 0.2) is 36.8 Å². The Morgan fingerprint density at radius 3 is 2.96 bits per heavy atom. The maximum atomic E-state index is 12.6. The van der Waals surface area contributed by atoms with E-state index in [4.69, 9.17) is 0 Å². The molecule has 4 rings (SSSR count). The van der Waals surface area contributed by atoms with Crippen LogP contribution in [0.25, 0.3) is 5.65 Å². The number of fused-ring (bicyclic) bond motifs is 2. The van der Waals surface area contributed by atoms with E-state index in [1.165, 1.54) is 6.20 Å². The first-order valence-corrected chi connectivity index (χ1v) is 7.56. The molecule has 7 nitrogen and oxygen atoms in total. The van der Waals surface area contributed by atoms with Gasteiger partial charge in [-0.25, -0.2) is 9.50 Å². The average molecular weight is 321 g/mol. The summed E-state index contributed by atoms with van der Waals surface area (Å²) in [6.45, 7) is 3.81. The zero-order chi connectivity index (χ0) is 16.8. The van der Waals surface area contributed by atoms with Crippen LogP contribution >= 0.6 is 0 Å². The predicted octanol–water partition coefficient (Wildman–Crippen LogP) is 1.77. The highest BCUT2D eigenvalue weighted by molar-refractivity contribution is 6.08. The molecule has 2 amide bonds. The Morgan fingerprint density at radius 1 is 1.29 bits per heavy atom. The van der Waals surface area contributed by atoms with Crippen LogP contribution in [0, 0.1) is 13.8 Å². The van der Waals surface area contributed by atoms with Crippen molar-refractivity contribution in [1.82, 2.24) is 19.9 Å². The highest BCUT2D eigenvalue weighted by Gasteiger charge is 2.33. The minimum absolute atomic E-state index is 0.243. The van der Waals surface area contributed by atoms with Gasteiger partial charge in [-0.05, 0) is 31.0 Å². The largest absolute Gasteiger partial charge is 0.336 e. The van der Waals surface area contributed by atoms with Gasteiger partial charge in [0.05, 0.1) is 6.20 Å². The van der Waals surface area contributed by atoms with Gasteiger partial charge in [0.15, 0.2) is 5.65 Å². The number of carbonyl (C=O) groups excluding carboxylic acids is 2. The van der Waals surface area contributed by atoms with Crippen LogP contribution < -0.4 is 10.6 Å². The molecule has 1 aliphatic rings. The smallest absolute Gasteiger partial charge is 0.257 e. The highest BCUT2D eigenvalue weighted by Crippen LogP contribution is 2.33. The van der Waals surface area contributed by atoms with E-state index in [1.54, 1.807) is 16.9 Å². The monoisotopic (exact) mass is 321 g/mol. The molecule has 2 aromatic heterocycles. The summed E-state index contributed by atoms with van der Waals surface area (Å²) in [5.41, 5.74) is 4.23. The fraction of sp³-hybridized carbons (Fsp3) is 0.176. The Morgan fingerprint density at radius 2 is 2.12 bits per heavy atom. The van der Waals surface area contributed by atoms with E-state index >= 15 is 0 Å². The molecule has 0 bridgehead atoms. The number of benzene rings is 1. The Kier molecular flexibility index (Phi) is 3.09. The van der Waals surface area contributed by atoms with Crippen LogP contribution in [0.2, 0.25) is 0 Å². The van der Waals surface area contributed by atoms with Gasteiger partial charge < -0.3 is 10.6 Å². The van der Waals surface area contributed by atoms with Gasteiger partial charge in [-0.1, -0.05) is 12.1 Å². The molecule has 1 aliphatic heterocycles. The molecule has 1 aromatic carbocycles. The second kappa shape index (κ2) is 5.16. The molecule has 0 saturated carbocycles. The summed E-state index contributed by atoms with van der Waals surface area (Å²) >= 11 is 0. The fourth-order valence-corrected chi connectivity index (χ4v) is 2.98. The lowest BCUT2D eigenvalue weighted by Gasteiger charge is -2.12. The second-order valence-corrected chi connectivity index (χ2v) is 5.89. The van der Waals surface area contributed by atoms with Crippen LogP contribution in [-0.2, 0) is 4.79 Å². The maximum absolute atomic E-state index is 12.6. The number of nitrogens with zero attached hydrogens (tertiary/aromatic N) is 3. The van der Waals surface area contributed by atoms with Gasteiger partial charge >= 0.3 is 0 Å². The zero-order valence-corrected chi connectivity index (χ0v) is 13.2. The average Bonchev–Trinajstić information content (AvgIpc) is 3.09. The van der Waals surface area contributed by atoms with E-state index in [0.717, 1.165) is 22.4 Å². The maximum Gasteiger partial charge on any atom is 0.257 e. The number of aryl methyl sites for hydroxylation is 2. The van der Waals surface area contributed by atoms with Crippen molar-refractivity contribution in [3.63, 3.8) is 0 Å². The number of amides is 2. The van der Waals surface area contributed by atoms with Crippen LogP contribution in [0.4, 0.5) is 5.69 Å². The minimum Gasteiger partial charge on any atom is -0.336 e. The van der Waals surface area contributed by atoms with Crippen molar-refractivity contribution in [2.24, 2.45) is 0 Å². The Hall–Kier alpha value is -3.22. The second-order valence-electron chi connectivity index (χ2n) is 5.89. The molecule has 0 radical (unpaired) electrons. The molecule has 7 heteroatoms. The zero-order valence-electron chi connectivity index (χ0n) is 13.2. The molecule has 3 heterocycles. The van der Waals surface area contributed by atoms with E-state index in [0.29, 0.717) is 11.2 Å². The van der Waals surface area contributed by atoms with Gasteiger partial charge in [-0.15, -0.1) is 0 Å². The first-order valence-electron chi connectivity index (χ1n) is 7.56. The first kappa shape index (κ1) is 14.4. The van der Waals surface area contributed by atoms with Crippen molar-refractivity contribution < 1.29 is 9.59 Å². The van der Waals surface area contributed by atoms with Crippen LogP contribution in [-0.4, -0.2) is 26.4 Å². The number of hydrogen-bond acceptors (Lipinski definition) is 4. The summed E-state index contributed by atoms with van der Waals surface area (Å²) in [5, 5.41) is 9.73. The molecule has 0 spiro atoms. The number of rotatable bonds is 2. The van der Waals surface area contributed by atoms with Gasteiger partial charge in [0.1, 0.15) is 11.6 Å². The SMILES string of the molecule is Cc1cnc2c(C(=O)N[C@H]3C(=O)Nc4cccc(C)c43)cnn2c1. The minimum atomic E-state index is -0.714. The van der Waals surface area contributed by atoms with Crippen molar-refractivity contribution in [2.75, 3.05) is 5.32 Å². The van der Waals surface area contributed by atoms with Crippen molar-refractivity contribution in [2.45, 2.75) is 19.9 Å². The quantitative estimate of drug-likeness (QED) is 0.753. The predicted molar refractivity (Wildman–Crippen MR) is 87.7 cm³/mol. The topological polar surface area (TPSA) is 88.4 Å². The first-order chi connectivity index (χ1) is 11.5. The third kappa shape index (κ3) is 2.13. The summed E-state index contributed by atoms with van der Waals surface area (Å²) in [7, 11) is 0. The van der Waals surface area contributed by atoms with E-state index in [2.05, 4.69) is 20.7 Å². The number of aromatic nitrogens is 3. The molecule has 0 aliphatic carbocycles. The van der Waals surface area contributed by atoms with E-state index in [9.17, 15) is 9.59 Å². The van der Waals surface area contributed by atoms with Gasteiger partial charge in [-0.3, -0.25) is 9.59 Å². The summed E-state index contributed by atoms with van der Waals surface area (Å²) in [6.07, 6.45) is 4.93. The van der Waals surface area contributed by atoms with Crippen LogP contribution in [0.1, 0.15) is 33.1 Å². The molecular formula is C17H15N5O2. The van der Waals surface area contributed by atoms with Crippen molar-refractivity contribution >= 4 is 23.1 Å². The third-order valence-electron chi connectivity index (χ3n) is 4.14. The molecule has 24 heavy (non-hydrogen) atoms. The third-order valence-corrected chi connectivity index (χ3v) is 4.14. The summed E-state index contributed by atoms with van der Waals surface area (Å²) in [4.78, 5) is 29.1. The van der Waals surface area contributed by atoms with Gasteiger partial charge in [0.2, 0.25) is 0 Å². The lowest BCUT2D eigenvalue weighted by atomic mass is 10.0. The molecule has 0 fully saturated rings. The summed E-state index contributed by atoms with van der Waals surface area (Å²) in [5.74, 6) is -0.620. The molecule has 1 atom stereocenters. The van der Waals surface area contributed by atoms with Gasteiger partial charge in [0, 0.05) is 23.6 Å². The van der Waals surface area contributed by atoms with E-state index < -0.39 is 6.04 Å². The van der Waals surface area contributed by atoms with Crippen LogP contribution in [0.5, 0.6) is 0 Å². The molecule has 2 N–H and O–H groups in total. The van der Waals surface area contributed by atoms with E-state index in [-0.39, 0.29) is 11.8 Å². The fourth-order valence-electron chi connectivity index (χ4n) is 2.98. The summed E-state index contributed by atoms with van der Waals surface area (Å²) in [6, 6.07) is 4.90. The normalized spacial score (nSPS) is 16.1. The summed E-state index contributed by atoms with van der Waals surface area (Å²) < 4.78 is 1.55. The van der Waals surface area contributed by atoms with Crippen molar-refractivity contribution in [1.29, 1.82) is 0 Å². The molecular weight excluding hydrogens is 306 g/mol. The molecule has 0 unspecified atom stereocenters. The number of nitrogens with one attached hydrogen (secondary N) is 2. The Labute approximate surface area is 137 Å². The Bertz CT molecular complexity index is 992. The van der Waals surface area contributed by atoms with Gasteiger partial charge in [-0.2, -0.15) is 5.10 Å². The van der Waals surface area contributed by atoms with E-state index in [1.807, 2.05) is 32.0 Å². The lowest BCUT2D eigenvalue weighted by molar-refractivity contribution is -0.117. The standard InChI is InChI=1S/C17H15N5O2/c1-9-6-18-15-11(7-19-22(15)8-9)16(23)21-14-13-10(2)4-3-5-12(13)20-17(14)24/h3-8,14H,1-2H3,(H,20,24)(H,21,23)/t14-/m1/s1. The number of carbonyl (C=O) groups is 2. The molecule has 120 valence electrons. The molecule has 3 aromatic rings. The van der Waals surface area contributed by atoms with Crippen molar-refractivity contribution in [3.05, 3.63) is 59.0 Å². The van der Waals surface area contributed by atoms with Crippen molar-refractivity contribution in [3.8, 4) is 0 Å². The number of hydrogen-bond donors (Lipinski definition) is 2.